The number of benzene rings is 2. The van der Waals surface area contributed by atoms with Crippen molar-refractivity contribution in [2.75, 3.05) is 7.05 Å². The van der Waals surface area contributed by atoms with E-state index in [4.69, 9.17) is 0 Å². The number of alkyl halides is 6. The minimum atomic E-state index is -5.09. The molecule has 1 atom stereocenters. The van der Waals surface area contributed by atoms with Crippen molar-refractivity contribution in [1.29, 1.82) is 0 Å². The monoisotopic (exact) mass is 579 g/mol. The standard InChI is InChI=1S/C30H31F6N3O2/c1-38-18-20(25-10-6-7-11-26(25)38)16-24(12-13-27(40)37-23-8-4-3-5-9-23)39(2)28(41)19-14-21(29(31,32)33)17-22(15-19)30(34,35)36/h6-7,10-15,17-18,23-24H,3-5,8-9,16H2,1-2H3,(H,37,40)/t24-/m0/s1. The van der Waals surface area contributed by atoms with Gasteiger partial charge in [0.2, 0.25) is 5.91 Å². The van der Waals surface area contributed by atoms with Crippen molar-refractivity contribution in [1.82, 2.24) is 14.8 Å². The second-order valence-electron chi connectivity index (χ2n) is 10.5. The molecular weight excluding hydrogens is 548 g/mol. The molecule has 1 aliphatic carbocycles. The zero-order valence-electron chi connectivity index (χ0n) is 22.6. The first-order valence-corrected chi connectivity index (χ1v) is 13.3. The van der Waals surface area contributed by atoms with Crippen LogP contribution in [0.25, 0.3) is 10.9 Å². The first kappa shape index (κ1) is 30.2. The zero-order valence-corrected chi connectivity index (χ0v) is 22.6. The molecule has 1 aliphatic rings. The summed E-state index contributed by atoms with van der Waals surface area (Å²) in [6.07, 6.45) is -0.587. The number of carbonyl (C=O) groups is 2. The molecule has 1 heterocycles. The molecule has 1 aromatic heterocycles. The molecule has 5 nitrogen and oxygen atoms in total. The average molecular weight is 580 g/mol. The van der Waals surface area contributed by atoms with Crippen molar-refractivity contribution in [3.63, 3.8) is 0 Å². The molecule has 0 spiro atoms. The highest BCUT2D eigenvalue weighted by Gasteiger charge is 2.38. The Bertz CT molecular complexity index is 1400. The highest BCUT2D eigenvalue weighted by Crippen LogP contribution is 2.36. The van der Waals surface area contributed by atoms with Crippen LogP contribution in [0, 0.1) is 0 Å². The van der Waals surface area contributed by atoms with Gasteiger partial charge in [-0.2, -0.15) is 26.3 Å². The molecule has 2 aromatic carbocycles. The zero-order chi connectivity index (χ0) is 29.9. The van der Waals surface area contributed by atoms with Gasteiger partial charge in [0.05, 0.1) is 17.2 Å². The Morgan fingerprint density at radius 3 is 2.22 bits per heavy atom. The third kappa shape index (κ3) is 7.31. The second kappa shape index (κ2) is 12.0. The maximum absolute atomic E-state index is 13.4. The summed E-state index contributed by atoms with van der Waals surface area (Å²) in [6.45, 7) is 0. The number of nitrogens with one attached hydrogen (secondary N) is 1. The Hall–Kier alpha value is -3.76. The fourth-order valence-corrected chi connectivity index (χ4v) is 5.27. The maximum atomic E-state index is 13.4. The van der Waals surface area contributed by atoms with Crippen LogP contribution < -0.4 is 5.32 Å². The van der Waals surface area contributed by atoms with E-state index in [1.807, 2.05) is 42.1 Å². The number of halogens is 6. The number of likely N-dealkylation sites (N-methyl/N-ethyl adjacent to an activating group) is 1. The average Bonchev–Trinajstić information content (AvgIpc) is 3.24. The van der Waals surface area contributed by atoms with E-state index >= 15 is 0 Å². The predicted molar refractivity (Wildman–Crippen MR) is 143 cm³/mol. The van der Waals surface area contributed by atoms with Gasteiger partial charge in [-0.1, -0.05) is 43.5 Å². The molecule has 11 heteroatoms. The highest BCUT2D eigenvalue weighted by molar-refractivity contribution is 5.95. The molecular formula is C30H31F6N3O2. The Balaban J connectivity index is 1.68. The van der Waals surface area contributed by atoms with E-state index in [0.717, 1.165) is 53.5 Å². The van der Waals surface area contributed by atoms with Gasteiger partial charge in [-0.15, -0.1) is 0 Å². The smallest absolute Gasteiger partial charge is 0.350 e. The van der Waals surface area contributed by atoms with Gasteiger partial charge >= 0.3 is 12.4 Å². The molecule has 1 fully saturated rings. The number of aromatic nitrogens is 1. The number of rotatable bonds is 7. The Morgan fingerprint density at radius 1 is 1.00 bits per heavy atom. The molecule has 1 N–H and O–H groups in total. The normalized spacial score (nSPS) is 15.8. The van der Waals surface area contributed by atoms with E-state index in [2.05, 4.69) is 5.32 Å². The summed E-state index contributed by atoms with van der Waals surface area (Å²) >= 11 is 0. The SMILES string of the molecule is CN(C(=O)c1cc(C(F)(F)F)cc(C(F)(F)F)c1)[C@@H](C=CC(=O)NC1CCCCC1)Cc1cn(C)c2ccccc12. The lowest BCUT2D eigenvalue weighted by Crippen LogP contribution is -2.38. The largest absolute Gasteiger partial charge is 0.416 e. The minimum Gasteiger partial charge on any atom is -0.350 e. The van der Waals surface area contributed by atoms with Crippen molar-refractivity contribution >= 4 is 22.7 Å². The van der Waals surface area contributed by atoms with Crippen LogP contribution in [0.4, 0.5) is 26.3 Å². The first-order valence-electron chi connectivity index (χ1n) is 13.3. The van der Waals surface area contributed by atoms with E-state index in [1.54, 1.807) is 0 Å². The van der Waals surface area contributed by atoms with E-state index in [-0.39, 0.29) is 24.4 Å². The quantitative estimate of drug-likeness (QED) is 0.245. The van der Waals surface area contributed by atoms with Crippen molar-refractivity contribution in [2.24, 2.45) is 7.05 Å². The third-order valence-electron chi connectivity index (χ3n) is 7.48. The maximum Gasteiger partial charge on any atom is 0.416 e. The summed E-state index contributed by atoms with van der Waals surface area (Å²) in [4.78, 5) is 27.2. The first-order chi connectivity index (χ1) is 19.2. The van der Waals surface area contributed by atoms with Crippen LogP contribution in [-0.2, 0) is 30.6 Å². The summed E-state index contributed by atoms with van der Waals surface area (Å²) < 4.78 is 82.6. The number of fused-ring (bicyclic) bond motifs is 1. The van der Waals surface area contributed by atoms with Crippen molar-refractivity contribution in [3.8, 4) is 0 Å². The predicted octanol–water partition coefficient (Wildman–Crippen LogP) is 6.90. The van der Waals surface area contributed by atoms with Crippen LogP contribution in [-0.4, -0.2) is 40.4 Å². The molecule has 0 saturated heterocycles. The lowest BCUT2D eigenvalue weighted by Gasteiger charge is -2.27. The van der Waals surface area contributed by atoms with Crippen LogP contribution in [0.2, 0.25) is 0 Å². The van der Waals surface area contributed by atoms with Gasteiger partial charge in [0.25, 0.3) is 5.91 Å². The van der Waals surface area contributed by atoms with E-state index in [1.165, 1.54) is 19.2 Å². The minimum absolute atomic E-state index is 0.0140. The number of carbonyl (C=O) groups excluding carboxylic acids is 2. The molecule has 0 unspecified atom stereocenters. The van der Waals surface area contributed by atoms with Gasteiger partial charge in [-0.25, -0.2) is 0 Å². The van der Waals surface area contributed by atoms with E-state index in [9.17, 15) is 35.9 Å². The van der Waals surface area contributed by atoms with Crippen LogP contribution in [0.15, 0.2) is 60.8 Å². The van der Waals surface area contributed by atoms with Crippen LogP contribution in [0.3, 0.4) is 0 Å². The van der Waals surface area contributed by atoms with Gasteiger partial charge in [-0.05, 0) is 49.1 Å². The number of nitrogens with zero attached hydrogens (tertiary/aromatic N) is 2. The third-order valence-corrected chi connectivity index (χ3v) is 7.48. The molecule has 220 valence electrons. The van der Waals surface area contributed by atoms with Crippen LogP contribution in [0.1, 0.15) is 59.2 Å². The van der Waals surface area contributed by atoms with Gasteiger partial charge in [0.1, 0.15) is 0 Å². The molecule has 3 aromatic rings. The lowest BCUT2D eigenvalue weighted by atomic mass is 9.95. The molecule has 0 bridgehead atoms. The number of amides is 2. The number of hydrogen-bond donors (Lipinski definition) is 1. The Morgan fingerprint density at radius 2 is 1.61 bits per heavy atom. The summed E-state index contributed by atoms with van der Waals surface area (Å²) in [7, 11) is 3.14. The number of para-hydroxylation sites is 1. The fourth-order valence-electron chi connectivity index (χ4n) is 5.27. The fraction of sp³-hybridized carbons (Fsp3) is 0.400. The molecule has 0 radical (unpaired) electrons. The number of hydrogen-bond acceptors (Lipinski definition) is 2. The summed E-state index contributed by atoms with van der Waals surface area (Å²) in [6, 6.07) is 7.48. The molecule has 0 aliphatic heterocycles. The topological polar surface area (TPSA) is 54.3 Å². The van der Waals surface area contributed by atoms with Crippen molar-refractivity contribution in [3.05, 3.63) is 83.1 Å². The molecule has 2 amide bonds. The molecule has 4 rings (SSSR count). The van der Waals surface area contributed by atoms with Crippen LogP contribution in [0.5, 0.6) is 0 Å². The Kier molecular flexibility index (Phi) is 8.84. The second-order valence-corrected chi connectivity index (χ2v) is 10.5. The van der Waals surface area contributed by atoms with Gasteiger partial charge in [0.15, 0.2) is 0 Å². The van der Waals surface area contributed by atoms with Gasteiger partial charge in [-0.3, -0.25) is 9.59 Å². The van der Waals surface area contributed by atoms with Gasteiger partial charge < -0.3 is 14.8 Å². The van der Waals surface area contributed by atoms with Crippen molar-refractivity contribution in [2.45, 2.75) is 63.0 Å². The Labute approximate surface area is 233 Å². The summed E-state index contributed by atoms with van der Waals surface area (Å²) in [5.41, 5.74) is -2.20. The van der Waals surface area contributed by atoms with E-state index in [0.29, 0.717) is 12.1 Å². The van der Waals surface area contributed by atoms with Gasteiger partial charge in [0, 0.05) is 48.9 Å². The summed E-state index contributed by atoms with van der Waals surface area (Å²) in [5, 5.41) is 3.81. The lowest BCUT2D eigenvalue weighted by molar-refractivity contribution is -0.143. The number of aryl methyl sites for hydroxylation is 1. The van der Waals surface area contributed by atoms with Crippen molar-refractivity contribution < 1.29 is 35.9 Å². The highest BCUT2D eigenvalue weighted by atomic mass is 19.4. The van der Waals surface area contributed by atoms with Crippen LogP contribution >= 0.6 is 0 Å². The molecule has 1 saturated carbocycles. The summed E-state index contributed by atoms with van der Waals surface area (Å²) in [5.74, 6) is -1.41. The van der Waals surface area contributed by atoms with E-state index < -0.39 is 41.0 Å². The molecule has 41 heavy (non-hydrogen) atoms.